The molecule has 2 N–H and O–H groups in total. The predicted molar refractivity (Wildman–Crippen MR) is 112 cm³/mol. The highest BCUT2D eigenvalue weighted by atomic mass is 19.1. The van der Waals surface area contributed by atoms with Crippen LogP contribution in [0.2, 0.25) is 0 Å². The Labute approximate surface area is 179 Å². The molecule has 164 valence electrons. The summed E-state index contributed by atoms with van der Waals surface area (Å²) in [4.78, 5) is 43.7. The van der Waals surface area contributed by atoms with Gasteiger partial charge in [-0.2, -0.15) is 5.10 Å². The monoisotopic (exact) mass is 427 g/mol. The summed E-state index contributed by atoms with van der Waals surface area (Å²) in [6.07, 6.45) is 3.20. The van der Waals surface area contributed by atoms with Crippen molar-refractivity contribution in [2.24, 2.45) is 11.7 Å². The molecule has 4 rings (SSSR count). The molecule has 3 heterocycles. The average Bonchev–Trinajstić information content (AvgIpc) is 3.22. The van der Waals surface area contributed by atoms with Gasteiger partial charge in [0.15, 0.2) is 11.5 Å². The number of aromatic nitrogens is 3. The highest BCUT2D eigenvalue weighted by Crippen LogP contribution is 2.48. The second-order valence-corrected chi connectivity index (χ2v) is 8.70. The van der Waals surface area contributed by atoms with E-state index in [1.54, 1.807) is 37.9 Å². The topological polar surface area (TPSA) is 111 Å². The molecule has 2 amide bonds. The summed E-state index contributed by atoms with van der Waals surface area (Å²) in [6.45, 7) is 5.01. The Morgan fingerprint density at radius 3 is 2.65 bits per heavy atom. The molecule has 0 spiro atoms. The number of carbonyl (C=O) groups is 3. The van der Waals surface area contributed by atoms with Crippen molar-refractivity contribution in [2.45, 2.75) is 65.1 Å². The van der Waals surface area contributed by atoms with Gasteiger partial charge in [0.25, 0.3) is 5.91 Å². The van der Waals surface area contributed by atoms with Gasteiger partial charge in [-0.25, -0.2) is 4.39 Å². The fourth-order valence-electron chi connectivity index (χ4n) is 4.44. The maximum Gasteiger partial charge on any atom is 0.269 e. The molecule has 3 atom stereocenters. The van der Waals surface area contributed by atoms with Crippen molar-refractivity contribution in [1.29, 1.82) is 0 Å². The van der Waals surface area contributed by atoms with Gasteiger partial charge in [0.1, 0.15) is 6.54 Å². The van der Waals surface area contributed by atoms with Crippen LogP contribution in [0.25, 0.3) is 10.9 Å². The summed E-state index contributed by atoms with van der Waals surface area (Å²) in [5, 5.41) is 4.79. The Hall–Kier alpha value is -3.10. The maximum atomic E-state index is 13.8. The third-order valence-electron chi connectivity index (χ3n) is 6.19. The van der Waals surface area contributed by atoms with Gasteiger partial charge in [-0.1, -0.05) is 0 Å². The van der Waals surface area contributed by atoms with Crippen LogP contribution in [0.15, 0.2) is 23.7 Å². The highest BCUT2D eigenvalue weighted by molar-refractivity contribution is 6.04. The Balaban J connectivity index is 1.54. The van der Waals surface area contributed by atoms with Gasteiger partial charge in [0.2, 0.25) is 5.91 Å². The zero-order valence-electron chi connectivity index (χ0n) is 17.9. The van der Waals surface area contributed by atoms with Gasteiger partial charge in [-0.3, -0.25) is 24.0 Å². The largest absolute Gasteiger partial charge is 0.364 e. The van der Waals surface area contributed by atoms with E-state index in [0.717, 1.165) is 6.42 Å². The third kappa shape index (κ3) is 3.96. The minimum Gasteiger partial charge on any atom is -0.364 e. The fraction of sp³-hybridized carbons (Fsp3) is 0.500. The molecule has 0 aromatic carbocycles. The fourth-order valence-corrected chi connectivity index (χ4v) is 4.44. The summed E-state index contributed by atoms with van der Waals surface area (Å²) in [7, 11) is 0. The SMILES string of the molecule is CC(C)=C(F)CCC(=O)[C@@H]1C[C@H]2C[C@H]2N1C(=O)Cn1nc(C(N)=O)c2cc(C)ncc21. The van der Waals surface area contributed by atoms with Crippen LogP contribution in [0.3, 0.4) is 0 Å². The van der Waals surface area contributed by atoms with Crippen molar-refractivity contribution < 1.29 is 18.8 Å². The molecule has 1 saturated heterocycles. The van der Waals surface area contributed by atoms with Crippen molar-refractivity contribution >= 4 is 28.5 Å². The van der Waals surface area contributed by atoms with E-state index in [-0.39, 0.29) is 48.6 Å². The normalized spacial score (nSPS) is 21.8. The van der Waals surface area contributed by atoms with Gasteiger partial charge >= 0.3 is 0 Å². The first-order valence-electron chi connectivity index (χ1n) is 10.5. The molecule has 0 bridgehead atoms. The number of aryl methyl sites for hydroxylation is 1. The molecule has 2 aliphatic rings. The lowest BCUT2D eigenvalue weighted by molar-refractivity contribution is -0.139. The molecule has 1 aliphatic heterocycles. The molecule has 8 nitrogen and oxygen atoms in total. The second-order valence-electron chi connectivity index (χ2n) is 8.70. The molecular weight excluding hydrogens is 401 g/mol. The van der Waals surface area contributed by atoms with Crippen molar-refractivity contribution in [3.05, 3.63) is 35.1 Å². The number of hydrogen-bond acceptors (Lipinski definition) is 5. The van der Waals surface area contributed by atoms with Crippen molar-refractivity contribution in [3.63, 3.8) is 0 Å². The number of hydrogen-bond donors (Lipinski definition) is 1. The van der Waals surface area contributed by atoms with Crippen molar-refractivity contribution in [1.82, 2.24) is 19.7 Å². The van der Waals surface area contributed by atoms with Crippen LogP contribution >= 0.6 is 0 Å². The number of piperidine rings is 1. The van der Waals surface area contributed by atoms with Gasteiger partial charge in [-0.05, 0) is 51.2 Å². The zero-order chi connectivity index (χ0) is 22.4. The first kappa shape index (κ1) is 21.1. The second kappa shape index (κ2) is 7.86. The van der Waals surface area contributed by atoms with Crippen LogP contribution in [0.1, 0.15) is 55.7 Å². The van der Waals surface area contributed by atoms with Gasteiger partial charge in [0, 0.05) is 30.0 Å². The Morgan fingerprint density at radius 1 is 1.23 bits per heavy atom. The average molecular weight is 427 g/mol. The van der Waals surface area contributed by atoms with E-state index in [1.165, 1.54) is 4.68 Å². The number of likely N-dealkylation sites (tertiary alicyclic amines) is 1. The van der Waals surface area contributed by atoms with Crippen LogP contribution in [-0.4, -0.2) is 49.3 Å². The molecule has 1 aliphatic carbocycles. The number of allylic oxidation sites excluding steroid dienone is 2. The first-order valence-corrected chi connectivity index (χ1v) is 10.5. The van der Waals surface area contributed by atoms with E-state index in [2.05, 4.69) is 10.1 Å². The van der Waals surface area contributed by atoms with E-state index >= 15 is 0 Å². The number of halogens is 1. The number of primary amides is 1. The Morgan fingerprint density at radius 2 is 1.97 bits per heavy atom. The van der Waals surface area contributed by atoms with Gasteiger partial charge in [-0.15, -0.1) is 0 Å². The summed E-state index contributed by atoms with van der Waals surface area (Å²) < 4.78 is 15.3. The number of Topliss-reactive ketones (excluding diaryl/α,β-unsaturated/α-hetero) is 1. The van der Waals surface area contributed by atoms with Crippen LogP contribution in [0.4, 0.5) is 4.39 Å². The minimum atomic E-state index is -0.681. The van der Waals surface area contributed by atoms with Crippen LogP contribution in [0, 0.1) is 12.8 Å². The lowest BCUT2D eigenvalue weighted by atomic mass is 10.0. The summed E-state index contributed by atoms with van der Waals surface area (Å²) in [6, 6.07) is 1.23. The quantitative estimate of drug-likeness (QED) is 0.730. The molecule has 0 unspecified atom stereocenters. The molecule has 1 saturated carbocycles. The van der Waals surface area contributed by atoms with Crippen LogP contribution in [-0.2, 0) is 16.1 Å². The minimum absolute atomic E-state index is 0.0487. The van der Waals surface area contributed by atoms with E-state index < -0.39 is 11.9 Å². The first-order chi connectivity index (χ1) is 14.7. The zero-order valence-corrected chi connectivity index (χ0v) is 17.9. The Kier molecular flexibility index (Phi) is 5.36. The number of fused-ring (bicyclic) bond motifs is 2. The Bertz CT molecular complexity index is 1120. The highest BCUT2D eigenvalue weighted by Gasteiger charge is 2.55. The van der Waals surface area contributed by atoms with Crippen molar-refractivity contribution in [3.8, 4) is 0 Å². The summed E-state index contributed by atoms with van der Waals surface area (Å²) in [5.41, 5.74) is 7.35. The van der Waals surface area contributed by atoms with E-state index in [4.69, 9.17) is 5.73 Å². The molecule has 2 aromatic heterocycles. The van der Waals surface area contributed by atoms with E-state index in [0.29, 0.717) is 34.5 Å². The number of rotatable bonds is 7. The maximum absolute atomic E-state index is 13.8. The van der Waals surface area contributed by atoms with E-state index in [1.807, 2.05) is 0 Å². The predicted octanol–water partition coefficient (Wildman–Crippen LogP) is 2.44. The molecule has 31 heavy (non-hydrogen) atoms. The summed E-state index contributed by atoms with van der Waals surface area (Å²) >= 11 is 0. The lowest BCUT2D eigenvalue weighted by Crippen LogP contribution is -2.44. The molecular formula is C22H26FN5O3. The smallest absolute Gasteiger partial charge is 0.269 e. The van der Waals surface area contributed by atoms with Gasteiger partial charge < -0.3 is 10.6 Å². The third-order valence-corrected chi connectivity index (χ3v) is 6.19. The van der Waals surface area contributed by atoms with Gasteiger partial charge in [0.05, 0.1) is 23.6 Å². The van der Waals surface area contributed by atoms with Crippen molar-refractivity contribution in [2.75, 3.05) is 0 Å². The molecule has 9 heteroatoms. The van der Waals surface area contributed by atoms with Crippen LogP contribution in [0.5, 0.6) is 0 Å². The van der Waals surface area contributed by atoms with Crippen LogP contribution < -0.4 is 5.73 Å². The summed E-state index contributed by atoms with van der Waals surface area (Å²) in [5.74, 6) is -0.991. The van der Waals surface area contributed by atoms with E-state index in [9.17, 15) is 18.8 Å². The molecule has 2 fully saturated rings. The lowest BCUT2D eigenvalue weighted by Gasteiger charge is -2.27. The standard InChI is InChI=1S/C22H26FN5O3/c1-11(2)15(23)4-5-19(29)17-8-13-7-16(13)28(17)20(30)10-27-18-9-25-12(3)6-14(18)21(26-27)22(24)31/h6,9,13,16-17H,4-5,7-8,10H2,1-3H3,(H2,24,31)/t13-,16-,17+/m1/s1. The number of pyridine rings is 1. The number of carbonyl (C=O) groups excluding carboxylic acids is 3. The molecule has 2 aromatic rings. The number of ketones is 1. The molecule has 0 radical (unpaired) electrons. The number of nitrogens with two attached hydrogens (primary N) is 1. The number of nitrogens with zero attached hydrogens (tertiary/aromatic N) is 4. The number of amides is 2.